The van der Waals surface area contributed by atoms with Gasteiger partial charge in [0, 0.05) is 23.3 Å². The van der Waals surface area contributed by atoms with E-state index in [9.17, 15) is 13.2 Å². The van der Waals surface area contributed by atoms with Crippen LogP contribution in [0.3, 0.4) is 0 Å². The van der Waals surface area contributed by atoms with Crippen LogP contribution < -0.4 is 0 Å². The third kappa shape index (κ3) is 3.52. The molecule has 1 fully saturated rings. The van der Waals surface area contributed by atoms with Crippen molar-refractivity contribution in [1.29, 1.82) is 0 Å². The van der Waals surface area contributed by atoms with Gasteiger partial charge in [-0.3, -0.25) is 4.79 Å². The topological polar surface area (TPSA) is 54.5 Å². The van der Waals surface area contributed by atoms with Crippen LogP contribution in [0.15, 0.2) is 23.1 Å². The quantitative estimate of drug-likeness (QED) is 0.784. The molecule has 0 saturated carbocycles. The van der Waals surface area contributed by atoms with Gasteiger partial charge >= 0.3 is 0 Å². The summed E-state index contributed by atoms with van der Waals surface area (Å²) in [4.78, 5) is 14.3. The Kier molecular flexibility index (Phi) is 4.85. The van der Waals surface area contributed by atoms with E-state index >= 15 is 0 Å². The van der Waals surface area contributed by atoms with E-state index in [2.05, 4.69) is 13.8 Å². The zero-order valence-corrected chi connectivity index (χ0v) is 14.2. The van der Waals surface area contributed by atoms with Crippen molar-refractivity contribution in [3.63, 3.8) is 0 Å². The fraction of sp³-hybridized carbons (Fsp3) is 0.500. The van der Waals surface area contributed by atoms with Crippen LogP contribution in [0.1, 0.15) is 37.0 Å². The van der Waals surface area contributed by atoms with E-state index in [-0.39, 0.29) is 27.4 Å². The van der Waals surface area contributed by atoms with E-state index in [0.717, 1.165) is 12.8 Å². The number of rotatable bonds is 3. The van der Waals surface area contributed by atoms with E-state index in [0.29, 0.717) is 12.5 Å². The maximum atomic E-state index is 12.7. The number of benzene rings is 1. The number of carbonyl (C=O) groups excluding carboxylic acids is 1. The fourth-order valence-corrected chi connectivity index (χ4v) is 3.69. The second-order valence-corrected chi connectivity index (χ2v) is 8.50. The largest absolute Gasteiger partial charge is 0.335 e. The third-order valence-electron chi connectivity index (χ3n) is 3.78. The number of hydrogen-bond donors (Lipinski definition) is 0. The monoisotopic (exact) mass is 349 g/mol. The molecule has 4 nitrogen and oxygen atoms in total. The van der Waals surface area contributed by atoms with Gasteiger partial charge in [0.05, 0.1) is 15.5 Å². The van der Waals surface area contributed by atoms with Gasteiger partial charge in [0.15, 0.2) is 0 Å². The summed E-state index contributed by atoms with van der Waals surface area (Å²) in [6.07, 6.45) is 1.90. The van der Waals surface area contributed by atoms with Gasteiger partial charge in [-0.1, -0.05) is 25.4 Å². The Morgan fingerprint density at radius 2 is 2.05 bits per heavy atom. The molecule has 1 saturated heterocycles. The molecule has 1 atom stereocenters. The molecule has 116 valence electrons. The summed E-state index contributed by atoms with van der Waals surface area (Å²) in [5, 5.41) is 0.235. The molecule has 0 N–H and O–H groups in total. The predicted molar refractivity (Wildman–Crippen MR) is 83.4 cm³/mol. The lowest BCUT2D eigenvalue weighted by molar-refractivity contribution is 0.0701. The van der Waals surface area contributed by atoms with Crippen molar-refractivity contribution in [2.75, 3.05) is 6.54 Å². The Morgan fingerprint density at radius 1 is 1.38 bits per heavy atom. The van der Waals surface area contributed by atoms with Crippen molar-refractivity contribution < 1.29 is 13.2 Å². The summed E-state index contributed by atoms with van der Waals surface area (Å²) in [5.74, 6) is 0.105. The second-order valence-electron chi connectivity index (χ2n) is 5.53. The number of carbonyl (C=O) groups is 1. The molecule has 1 aromatic rings. The van der Waals surface area contributed by atoms with Gasteiger partial charge in [-0.25, -0.2) is 8.42 Å². The Hall–Kier alpha value is -0.780. The van der Waals surface area contributed by atoms with Gasteiger partial charge in [-0.05, 0) is 37.0 Å². The number of hydrogen-bond acceptors (Lipinski definition) is 3. The first kappa shape index (κ1) is 16.6. The Balaban J connectivity index is 2.39. The maximum Gasteiger partial charge on any atom is 0.261 e. The standard InChI is InChI=1S/C14H17Cl2NO3S/c1-9(2)13-4-3-7-17(13)14(18)11-8-10(21(16,19)20)5-6-12(11)15/h5-6,8-9,13H,3-4,7H2,1-2H3. The average molecular weight is 350 g/mol. The van der Waals surface area contributed by atoms with Crippen LogP contribution in [-0.4, -0.2) is 31.8 Å². The zero-order valence-electron chi connectivity index (χ0n) is 11.8. The van der Waals surface area contributed by atoms with E-state index in [1.807, 2.05) is 0 Å². The van der Waals surface area contributed by atoms with Gasteiger partial charge in [-0.15, -0.1) is 0 Å². The van der Waals surface area contributed by atoms with Crippen molar-refractivity contribution in [1.82, 2.24) is 4.90 Å². The first-order valence-electron chi connectivity index (χ1n) is 6.77. The highest BCUT2D eigenvalue weighted by atomic mass is 35.7. The van der Waals surface area contributed by atoms with Gasteiger partial charge in [0.1, 0.15) is 0 Å². The van der Waals surface area contributed by atoms with E-state index < -0.39 is 9.05 Å². The molecule has 1 heterocycles. The molecule has 0 aromatic heterocycles. The summed E-state index contributed by atoms with van der Waals surface area (Å²) in [5.41, 5.74) is 0.186. The smallest absolute Gasteiger partial charge is 0.261 e. The lowest BCUT2D eigenvalue weighted by Gasteiger charge is -2.28. The molecule has 0 spiro atoms. The first-order valence-corrected chi connectivity index (χ1v) is 9.45. The van der Waals surface area contributed by atoms with Crippen LogP contribution in [0.25, 0.3) is 0 Å². The molecule has 7 heteroatoms. The van der Waals surface area contributed by atoms with Gasteiger partial charge in [0.2, 0.25) is 0 Å². The van der Waals surface area contributed by atoms with E-state index in [1.165, 1.54) is 18.2 Å². The highest BCUT2D eigenvalue weighted by molar-refractivity contribution is 8.13. The van der Waals surface area contributed by atoms with Gasteiger partial charge in [0.25, 0.3) is 15.0 Å². The summed E-state index contributed by atoms with van der Waals surface area (Å²) < 4.78 is 22.8. The molecular weight excluding hydrogens is 333 g/mol. The highest BCUT2D eigenvalue weighted by Gasteiger charge is 2.32. The summed E-state index contributed by atoms with van der Waals surface area (Å²) in [7, 11) is 1.44. The van der Waals surface area contributed by atoms with Gasteiger partial charge < -0.3 is 4.90 Å². The Labute approximate surface area is 134 Å². The lowest BCUT2D eigenvalue weighted by Crippen LogP contribution is -2.38. The van der Waals surface area contributed by atoms with Crippen LogP contribution in [0, 0.1) is 5.92 Å². The van der Waals surface area contributed by atoms with E-state index in [4.69, 9.17) is 22.3 Å². The Bertz CT molecular complexity index is 658. The minimum atomic E-state index is -3.89. The summed E-state index contributed by atoms with van der Waals surface area (Å²) >= 11 is 6.06. The molecule has 1 aliphatic rings. The van der Waals surface area contributed by atoms with Crippen molar-refractivity contribution in [3.05, 3.63) is 28.8 Å². The first-order chi connectivity index (χ1) is 9.71. The van der Waals surface area contributed by atoms with Crippen LogP contribution in [0.2, 0.25) is 5.02 Å². The summed E-state index contributed by atoms with van der Waals surface area (Å²) in [6, 6.07) is 4.10. The SMILES string of the molecule is CC(C)C1CCCN1C(=O)c1cc(S(=O)(=O)Cl)ccc1Cl. The van der Waals surface area contributed by atoms with Crippen LogP contribution in [0.4, 0.5) is 0 Å². The molecule has 1 amide bonds. The number of nitrogens with zero attached hydrogens (tertiary/aromatic N) is 1. The van der Waals surface area contributed by atoms with Crippen molar-refractivity contribution >= 4 is 37.2 Å². The molecule has 0 radical (unpaired) electrons. The molecular formula is C14H17Cl2NO3S. The molecule has 21 heavy (non-hydrogen) atoms. The minimum absolute atomic E-state index is 0.114. The van der Waals surface area contributed by atoms with Crippen molar-refractivity contribution in [2.45, 2.75) is 37.6 Å². The number of likely N-dealkylation sites (tertiary alicyclic amines) is 1. The van der Waals surface area contributed by atoms with Gasteiger partial charge in [-0.2, -0.15) is 0 Å². The highest BCUT2D eigenvalue weighted by Crippen LogP contribution is 2.29. The van der Waals surface area contributed by atoms with E-state index in [1.54, 1.807) is 4.90 Å². The van der Waals surface area contributed by atoms with Crippen LogP contribution >= 0.6 is 22.3 Å². The maximum absolute atomic E-state index is 12.7. The molecule has 1 aliphatic heterocycles. The zero-order chi connectivity index (χ0) is 15.8. The molecule has 2 rings (SSSR count). The molecule has 0 bridgehead atoms. The van der Waals surface area contributed by atoms with Crippen molar-refractivity contribution in [3.8, 4) is 0 Å². The average Bonchev–Trinajstić information content (AvgIpc) is 2.86. The molecule has 1 aromatic carbocycles. The lowest BCUT2D eigenvalue weighted by atomic mass is 10.0. The summed E-state index contributed by atoms with van der Waals surface area (Å²) in [6.45, 7) is 4.80. The molecule has 0 aliphatic carbocycles. The van der Waals surface area contributed by atoms with Crippen LogP contribution in [0.5, 0.6) is 0 Å². The normalized spacial score (nSPS) is 19.3. The second kappa shape index (κ2) is 6.15. The fourth-order valence-electron chi connectivity index (χ4n) is 2.71. The third-order valence-corrected chi connectivity index (χ3v) is 5.46. The minimum Gasteiger partial charge on any atom is -0.335 e. The molecule has 1 unspecified atom stereocenters. The van der Waals surface area contributed by atoms with Crippen molar-refractivity contribution in [2.24, 2.45) is 5.92 Å². The predicted octanol–water partition coefficient (Wildman–Crippen LogP) is 3.53. The Morgan fingerprint density at radius 3 is 2.62 bits per heavy atom. The number of amides is 1. The van der Waals surface area contributed by atoms with Crippen LogP contribution in [-0.2, 0) is 9.05 Å². The number of halogens is 2.